The number of nitrogens with two attached hydrogens (primary N) is 2. The zero-order valence-corrected chi connectivity index (χ0v) is 19.4. The maximum Gasteiger partial charge on any atom is 0.362 e. The lowest BCUT2D eigenvalue weighted by molar-refractivity contribution is -0.143. The molecule has 0 bridgehead atoms. The van der Waals surface area contributed by atoms with Crippen molar-refractivity contribution in [3.63, 3.8) is 0 Å². The van der Waals surface area contributed by atoms with E-state index in [-0.39, 0.29) is 33.3 Å². The zero-order valence-electron chi connectivity index (χ0n) is 17.8. The maximum atomic E-state index is 12.8. The Morgan fingerprint density at radius 2 is 2.06 bits per heavy atom. The molecular weight excluding hydrogens is 488 g/mol. The molecule has 2 amide bonds. The van der Waals surface area contributed by atoms with Crippen molar-refractivity contribution in [2.45, 2.75) is 19.0 Å². The van der Waals surface area contributed by atoms with E-state index in [0.717, 1.165) is 17.0 Å². The molecule has 1 aliphatic heterocycles. The van der Waals surface area contributed by atoms with Gasteiger partial charge in [0.05, 0.1) is 12.6 Å². The van der Waals surface area contributed by atoms with Crippen molar-refractivity contribution < 1.29 is 27.4 Å². The molecule has 1 aromatic heterocycles. The van der Waals surface area contributed by atoms with Gasteiger partial charge in [-0.3, -0.25) is 19.6 Å². The van der Waals surface area contributed by atoms with Crippen LogP contribution in [0.2, 0.25) is 0 Å². The highest BCUT2D eigenvalue weighted by atomic mass is 32.2. The lowest BCUT2D eigenvalue weighted by Crippen LogP contribution is -2.71. The normalized spacial score (nSPS) is 18.2. The summed E-state index contributed by atoms with van der Waals surface area (Å²) >= 11 is 1.06. The Bertz CT molecular complexity index is 1230. The van der Waals surface area contributed by atoms with Crippen LogP contribution in [0.3, 0.4) is 0 Å². The number of carbonyl (C=O) groups is 2. The van der Waals surface area contributed by atoms with Gasteiger partial charge >= 0.3 is 10.3 Å². The fourth-order valence-electron chi connectivity index (χ4n) is 3.03. The molecule has 14 nitrogen and oxygen atoms in total. The van der Waals surface area contributed by atoms with Crippen LogP contribution < -0.4 is 22.1 Å². The summed E-state index contributed by atoms with van der Waals surface area (Å²) in [4.78, 5) is 34.0. The number of aromatic nitrogens is 1. The van der Waals surface area contributed by atoms with E-state index in [9.17, 15) is 18.0 Å². The molecule has 2 heterocycles. The molecule has 2 aromatic rings. The van der Waals surface area contributed by atoms with Gasteiger partial charge in [0.2, 0.25) is 0 Å². The van der Waals surface area contributed by atoms with Crippen LogP contribution in [0.1, 0.15) is 18.2 Å². The van der Waals surface area contributed by atoms with E-state index in [1.165, 1.54) is 12.3 Å². The number of amides is 2. The number of hydrogen-bond acceptors (Lipinski definition) is 11. The molecule has 1 aliphatic rings. The second-order valence-electron chi connectivity index (χ2n) is 7.07. The largest absolute Gasteiger partial charge is 0.393 e. The van der Waals surface area contributed by atoms with Gasteiger partial charge in [0, 0.05) is 16.6 Å². The first-order chi connectivity index (χ1) is 16.0. The number of amidine groups is 1. The smallest absolute Gasteiger partial charge is 0.362 e. The molecular formula is C18H22N8O6S2. The van der Waals surface area contributed by atoms with Gasteiger partial charge in [0.25, 0.3) is 11.8 Å². The standard InChI is InChI=1S/C18H22N8O6S2/c1-9-13(17(28)26(9)34(29,30)31)24-16(27)14(12-8-33-18(21)23-12)25-32-7-6-22-11-4-2-10(3-5-11)15(19)20/h2-5,8-9,13,22H,6-7H2,1H3,(H3,19,20)(H2,21,23)(H,24,27)(H,29,30,31)/b25-14-/t9-,13-/m0/s1. The average molecular weight is 511 g/mol. The number of nitrogen functional groups attached to an aromatic ring is 2. The molecule has 8 N–H and O–H groups in total. The molecule has 0 unspecified atom stereocenters. The number of thiazole rings is 1. The lowest BCUT2D eigenvalue weighted by atomic mass is 10.0. The van der Waals surface area contributed by atoms with Crippen molar-refractivity contribution >= 4 is 55.8 Å². The molecule has 34 heavy (non-hydrogen) atoms. The third-order valence-corrected chi connectivity index (χ3v) is 6.41. The number of β-lactam (4-membered cyclic amide) rings is 1. The molecule has 2 atom stereocenters. The number of nitrogens with zero attached hydrogens (tertiary/aromatic N) is 3. The summed E-state index contributed by atoms with van der Waals surface area (Å²) in [6.45, 7) is 1.72. The van der Waals surface area contributed by atoms with Gasteiger partial charge in [-0.1, -0.05) is 5.16 Å². The monoisotopic (exact) mass is 510 g/mol. The molecule has 182 valence electrons. The van der Waals surface area contributed by atoms with Crippen molar-refractivity contribution in [2.24, 2.45) is 10.9 Å². The average Bonchev–Trinajstić information content (AvgIpc) is 3.19. The number of hydrogen-bond donors (Lipinski definition) is 6. The van der Waals surface area contributed by atoms with Gasteiger partial charge < -0.3 is 26.9 Å². The fraction of sp³-hybridized carbons (Fsp3) is 0.278. The highest BCUT2D eigenvalue weighted by Crippen LogP contribution is 2.23. The second-order valence-corrected chi connectivity index (χ2v) is 9.24. The lowest BCUT2D eigenvalue weighted by Gasteiger charge is -2.42. The molecule has 3 rings (SSSR count). The van der Waals surface area contributed by atoms with Crippen LogP contribution >= 0.6 is 11.3 Å². The van der Waals surface area contributed by atoms with Crippen LogP contribution in [0, 0.1) is 5.41 Å². The van der Waals surface area contributed by atoms with Gasteiger partial charge in [0.15, 0.2) is 10.8 Å². The number of nitrogens with one attached hydrogen (secondary N) is 3. The van der Waals surface area contributed by atoms with E-state index in [0.29, 0.717) is 12.1 Å². The summed E-state index contributed by atoms with van der Waals surface area (Å²) in [5.41, 5.74) is 12.2. The minimum atomic E-state index is -4.73. The molecule has 0 radical (unpaired) electrons. The zero-order chi connectivity index (χ0) is 25.0. The Morgan fingerprint density at radius 3 is 2.59 bits per heavy atom. The SMILES string of the molecule is C[C@H]1[C@H](NC(=O)/C(=N\OCCNc2ccc(C(=N)N)cc2)c2csc(N)n2)C(=O)N1S(=O)(=O)O. The van der Waals surface area contributed by atoms with Crippen molar-refractivity contribution in [1.82, 2.24) is 14.6 Å². The van der Waals surface area contributed by atoms with Crippen molar-refractivity contribution in [3.05, 3.63) is 40.9 Å². The molecule has 1 fully saturated rings. The topological polar surface area (TPSA) is 226 Å². The molecule has 0 aliphatic carbocycles. The Kier molecular flexibility index (Phi) is 7.33. The third kappa shape index (κ3) is 5.59. The molecule has 1 saturated heterocycles. The van der Waals surface area contributed by atoms with Gasteiger partial charge in [0.1, 0.15) is 24.2 Å². The van der Waals surface area contributed by atoms with Crippen LogP contribution in [-0.4, -0.2) is 70.9 Å². The van der Waals surface area contributed by atoms with E-state index in [1.807, 2.05) is 0 Å². The summed E-state index contributed by atoms with van der Waals surface area (Å²) in [5.74, 6) is -1.86. The number of rotatable bonds is 10. The number of anilines is 2. The molecule has 16 heteroatoms. The molecule has 1 aromatic carbocycles. The van der Waals surface area contributed by atoms with Crippen LogP contribution in [-0.2, 0) is 24.7 Å². The minimum Gasteiger partial charge on any atom is -0.393 e. The molecule has 0 spiro atoms. The van der Waals surface area contributed by atoms with Gasteiger partial charge in [-0.2, -0.15) is 8.42 Å². The minimum absolute atomic E-state index is 0.0404. The van der Waals surface area contributed by atoms with Crippen molar-refractivity contribution in [1.29, 1.82) is 5.41 Å². The van der Waals surface area contributed by atoms with E-state index >= 15 is 0 Å². The highest BCUT2D eigenvalue weighted by Gasteiger charge is 2.51. The number of oxime groups is 1. The van der Waals surface area contributed by atoms with E-state index < -0.39 is 34.2 Å². The predicted octanol–water partition coefficient (Wildman–Crippen LogP) is -0.640. The first-order valence-corrected chi connectivity index (χ1v) is 12.0. The Hall–Kier alpha value is -3.76. The van der Waals surface area contributed by atoms with Crippen LogP contribution in [0.15, 0.2) is 34.8 Å². The van der Waals surface area contributed by atoms with Crippen LogP contribution in [0.4, 0.5) is 10.8 Å². The number of benzene rings is 1. The first-order valence-electron chi connectivity index (χ1n) is 9.70. The van der Waals surface area contributed by atoms with E-state index in [2.05, 4.69) is 20.8 Å². The van der Waals surface area contributed by atoms with Crippen molar-refractivity contribution in [2.75, 3.05) is 24.2 Å². The van der Waals surface area contributed by atoms with Crippen LogP contribution in [0.25, 0.3) is 0 Å². The third-order valence-electron chi connectivity index (χ3n) is 4.72. The Balaban J connectivity index is 1.61. The Morgan fingerprint density at radius 1 is 1.38 bits per heavy atom. The summed E-state index contributed by atoms with van der Waals surface area (Å²) in [7, 11) is -4.73. The van der Waals surface area contributed by atoms with Gasteiger partial charge in [-0.25, -0.2) is 9.29 Å². The Labute approximate surface area is 198 Å². The second kappa shape index (κ2) is 10.0. The maximum absolute atomic E-state index is 12.8. The first kappa shape index (κ1) is 24.9. The predicted molar refractivity (Wildman–Crippen MR) is 125 cm³/mol. The van der Waals surface area contributed by atoms with Crippen LogP contribution in [0.5, 0.6) is 0 Å². The van der Waals surface area contributed by atoms with E-state index in [1.54, 1.807) is 24.3 Å². The summed E-state index contributed by atoms with van der Waals surface area (Å²) < 4.78 is 31.8. The summed E-state index contributed by atoms with van der Waals surface area (Å²) in [6, 6.07) is 4.67. The van der Waals surface area contributed by atoms with Crippen molar-refractivity contribution in [3.8, 4) is 0 Å². The summed E-state index contributed by atoms with van der Waals surface area (Å²) in [5, 5.41) is 18.3. The summed E-state index contributed by atoms with van der Waals surface area (Å²) in [6.07, 6.45) is 0. The fourth-order valence-corrected chi connectivity index (χ4v) is 4.46. The quantitative estimate of drug-likeness (QED) is 0.0591. The molecule has 0 saturated carbocycles. The van der Waals surface area contributed by atoms with Gasteiger partial charge in [-0.05, 0) is 31.2 Å². The van der Waals surface area contributed by atoms with Gasteiger partial charge in [-0.15, -0.1) is 11.3 Å². The van der Waals surface area contributed by atoms with E-state index in [4.69, 9.17) is 26.3 Å². The highest BCUT2D eigenvalue weighted by molar-refractivity contribution is 7.84. The number of carbonyl (C=O) groups excluding carboxylic acids is 2.